The Morgan fingerprint density at radius 3 is 2.13 bits per heavy atom. The number of pyridine rings is 1. The lowest BCUT2D eigenvalue weighted by Gasteiger charge is -2.13. The van der Waals surface area contributed by atoms with Crippen molar-refractivity contribution >= 4 is 40.0 Å². The monoisotopic (exact) mass is 426 g/mol. The summed E-state index contributed by atoms with van der Waals surface area (Å²) >= 11 is 5.13. The highest BCUT2D eigenvalue weighted by atomic mass is 32.1. The van der Waals surface area contributed by atoms with Crippen molar-refractivity contribution in [2.75, 3.05) is 0 Å². The summed E-state index contributed by atoms with van der Waals surface area (Å²) < 4.78 is 0. The molecule has 0 radical (unpaired) electrons. The molecule has 6 nitrogen and oxygen atoms in total. The Hall–Kier alpha value is -4.10. The average Bonchev–Trinajstić information content (AvgIpc) is 2.83. The zero-order valence-corrected chi connectivity index (χ0v) is 17.1. The fourth-order valence-electron chi connectivity index (χ4n) is 3.10. The molecular formula is C24H18N4O2S. The van der Waals surface area contributed by atoms with E-state index < -0.39 is 5.91 Å². The lowest BCUT2D eigenvalue weighted by Crippen LogP contribution is -2.48. The smallest absolute Gasteiger partial charge is 0.270 e. The van der Waals surface area contributed by atoms with E-state index in [1.165, 1.54) is 0 Å². The van der Waals surface area contributed by atoms with Gasteiger partial charge in [-0.1, -0.05) is 66.7 Å². The molecule has 0 saturated heterocycles. The summed E-state index contributed by atoms with van der Waals surface area (Å²) in [7, 11) is 0. The maximum atomic E-state index is 12.9. The molecule has 2 amide bonds. The van der Waals surface area contributed by atoms with Crippen LogP contribution in [0, 0.1) is 0 Å². The number of benzene rings is 3. The number of nitrogens with zero attached hydrogens (tertiary/aromatic N) is 1. The van der Waals surface area contributed by atoms with Gasteiger partial charge in [0, 0.05) is 16.5 Å². The van der Waals surface area contributed by atoms with E-state index in [-0.39, 0.29) is 11.0 Å². The van der Waals surface area contributed by atoms with Crippen LogP contribution in [0.1, 0.15) is 20.7 Å². The Bertz CT molecular complexity index is 1260. The van der Waals surface area contributed by atoms with Crippen LogP contribution in [0.4, 0.5) is 0 Å². The van der Waals surface area contributed by atoms with Gasteiger partial charge in [-0.2, -0.15) is 0 Å². The van der Waals surface area contributed by atoms with E-state index in [0.717, 1.165) is 5.56 Å². The number of para-hydroxylation sites is 1. The van der Waals surface area contributed by atoms with Gasteiger partial charge < -0.3 is 0 Å². The van der Waals surface area contributed by atoms with Crippen molar-refractivity contribution in [1.29, 1.82) is 0 Å². The molecule has 4 rings (SSSR count). The molecular weight excluding hydrogens is 408 g/mol. The first-order valence-corrected chi connectivity index (χ1v) is 9.94. The Labute approximate surface area is 184 Å². The molecule has 0 aliphatic heterocycles. The van der Waals surface area contributed by atoms with Gasteiger partial charge >= 0.3 is 0 Å². The van der Waals surface area contributed by atoms with Crippen LogP contribution in [-0.2, 0) is 0 Å². The Morgan fingerprint density at radius 1 is 0.742 bits per heavy atom. The summed E-state index contributed by atoms with van der Waals surface area (Å²) in [4.78, 5) is 29.8. The van der Waals surface area contributed by atoms with E-state index in [2.05, 4.69) is 21.2 Å². The number of carbonyl (C=O) groups is 2. The van der Waals surface area contributed by atoms with E-state index >= 15 is 0 Å². The van der Waals surface area contributed by atoms with Gasteiger partial charge in [0.15, 0.2) is 5.11 Å². The van der Waals surface area contributed by atoms with Crippen LogP contribution in [0.25, 0.3) is 22.2 Å². The molecule has 0 aliphatic rings. The third kappa shape index (κ3) is 4.73. The maximum Gasteiger partial charge on any atom is 0.270 e. The zero-order valence-electron chi connectivity index (χ0n) is 16.3. The molecule has 0 unspecified atom stereocenters. The van der Waals surface area contributed by atoms with Gasteiger partial charge in [-0.15, -0.1) is 0 Å². The second kappa shape index (κ2) is 9.15. The summed E-state index contributed by atoms with van der Waals surface area (Å²) in [6.07, 6.45) is 0. The van der Waals surface area contributed by atoms with Gasteiger partial charge in [0.05, 0.1) is 16.8 Å². The number of hydrogen-bond acceptors (Lipinski definition) is 4. The summed E-state index contributed by atoms with van der Waals surface area (Å²) in [5.74, 6) is -0.764. The standard InChI is InChI=1S/C24H18N4O2S/c29-22(17-11-5-2-6-12-17)26-24(31)28-27-23(30)19-15-21(16-9-3-1-4-10-16)25-20-14-8-7-13-18(19)20/h1-15H,(H,27,30)(H2,26,28,29,31). The molecule has 0 spiro atoms. The normalized spacial score (nSPS) is 10.3. The molecule has 0 atom stereocenters. The predicted molar refractivity (Wildman–Crippen MR) is 124 cm³/mol. The number of nitrogens with one attached hydrogen (secondary N) is 3. The van der Waals surface area contributed by atoms with Gasteiger partial charge in [-0.25, -0.2) is 4.98 Å². The molecule has 0 aliphatic carbocycles. The van der Waals surface area contributed by atoms with Crippen molar-refractivity contribution < 1.29 is 9.59 Å². The van der Waals surface area contributed by atoms with Crippen LogP contribution < -0.4 is 16.2 Å². The lowest BCUT2D eigenvalue weighted by molar-refractivity contribution is 0.0936. The third-order valence-corrected chi connectivity index (χ3v) is 4.79. The van der Waals surface area contributed by atoms with Crippen molar-refractivity contribution in [3.05, 3.63) is 102 Å². The van der Waals surface area contributed by atoms with Crippen molar-refractivity contribution in [1.82, 2.24) is 21.2 Å². The molecule has 0 bridgehead atoms. The number of hydrazine groups is 1. The lowest BCUT2D eigenvalue weighted by atomic mass is 10.0. The molecule has 1 heterocycles. The minimum atomic E-state index is -0.396. The highest BCUT2D eigenvalue weighted by Gasteiger charge is 2.15. The third-order valence-electron chi connectivity index (χ3n) is 4.58. The number of aromatic nitrogens is 1. The van der Waals surface area contributed by atoms with Gasteiger partial charge in [-0.3, -0.25) is 25.8 Å². The topological polar surface area (TPSA) is 83.1 Å². The van der Waals surface area contributed by atoms with Crippen molar-refractivity contribution in [3.8, 4) is 11.3 Å². The summed E-state index contributed by atoms with van der Waals surface area (Å²) in [5.41, 5.74) is 8.33. The molecule has 152 valence electrons. The number of hydrogen-bond donors (Lipinski definition) is 3. The largest absolute Gasteiger partial charge is 0.298 e. The molecule has 31 heavy (non-hydrogen) atoms. The molecule has 3 aromatic carbocycles. The SMILES string of the molecule is O=C(NC(=S)NNC(=O)c1cc(-c2ccccc2)nc2ccccc12)c1ccccc1. The number of thiocarbonyl (C=S) groups is 1. The summed E-state index contributed by atoms with van der Waals surface area (Å²) in [6, 6.07) is 27.5. The van der Waals surface area contributed by atoms with Crippen LogP contribution in [0.15, 0.2) is 91.0 Å². The van der Waals surface area contributed by atoms with Crippen LogP contribution >= 0.6 is 12.2 Å². The van der Waals surface area contributed by atoms with Crippen LogP contribution in [-0.4, -0.2) is 21.9 Å². The highest BCUT2D eigenvalue weighted by molar-refractivity contribution is 7.80. The molecule has 1 aromatic heterocycles. The van der Waals surface area contributed by atoms with Crippen LogP contribution in [0.2, 0.25) is 0 Å². The van der Waals surface area contributed by atoms with Crippen molar-refractivity contribution in [2.45, 2.75) is 0 Å². The zero-order chi connectivity index (χ0) is 21.6. The molecule has 0 fully saturated rings. The van der Waals surface area contributed by atoms with Crippen LogP contribution in [0.5, 0.6) is 0 Å². The first-order chi connectivity index (χ1) is 15.1. The van der Waals surface area contributed by atoms with Crippen LogP contribution in [0.3, 0.4) is 0 Å². The highest BCUT2D eigenvalue weighted by Crippen LogP contribution is 2.24. The van der Waals surface area contributed by atoms with Gasteiger partial charge in [-0.05, 0) is 36.5 Å². The van der Waals surface area contributed by atoms with Crippen molar-refractivity contribution in [3.63, 3.8) is 0 Å². The number of amides is 2. The number of fused-ring (bicyclic) bond motifs is 1. The van der Waals surface area contributed by atoms with Gasteiger partial charge in [0.25, 0.3) is 11.8 Å². The van der Waals surface area contributed by atoms with Gasteiger partial charge in [0.2, 0.25) is 0 Å². The van der Waals surface area contributed by atoms with E-state index in [9.17, 15) is 9.59 Å². The quantitative estimate of drug-likeness (QED) is 0.342. The predicted octanol–water partition coefficient (Wildman–Crippen LogP) is 3.85. The van der Waals surface area contributed by atoms with Gasteiger partial charge in [0.1, 0.15) is 0 Å². The second-order valence-corrected chi connectivity index (χ2v) is 7.07. The Kier molecular flexibility index (Phi) is 5.96. The first-order valence-electron chi connectivity index (χ1n) is 9.54. The average molecular weight is 427 g/mol. The minimum absolute atomic E-state index is 0.0103. The summed E-state index contributed by atoms with van der Waals surface area (Å²) in [5, 5.41) is 3.23. The van der Waals surface area contributed by atoms with E-state index in [1.54, 1.807) is 30.3 Å². The Balaban J connectivity index is 1.52. The first kappa shape index (κ1) is 20.2. The van der Waals surface area contributed by atoms with E-state index in [4.69, 9.17) is 12.2 Å². The fourth-order valence-corrected chi connectivity index (χ4v) is 3.24. The minimum Gasteiger partial charge on any atom is -0.298 e. The maximum absolute atomic E-state index is 12.9. The fraction of sp³-hybridized carbons (Fsp3) is 0. The second-order valence-electron chi connectivity index (χ2n) is 6.67. The van der Waals surface area contributed by atoms with E-state index in [1.807, 2.05) is 60.7 Å². The number of rotatable bonds is 3. The molecule has 7 heteroatoms. The van der Waals surface area contributed by atoms with Crippen molar-refractivity contribution in [2.24, 2.45) is 0 Å². The molecule has 4 aromatic rings. The Morgan fingerprint density at radius 2 is 1.39 bits per heavy atom. The molecule has 0 saturated carbocycles. The summed E-state index contributed by atoms with van der Waals surface area (Å²) in [6.45, 7) is 0. The molecule has 3 N–H and O–H groups in total. The number of carbonyl (C=O) groups excluding carboxylic acids is 2. The van der Waals surface area contributed by atoms with E-state index in [0.29, 0.717) is 27.7 Å².